The van der Waals surface area contributed by atoms with Crippen LogP contribution in [-0.2, 0) is 16.8 Å². The zero-order valence-corrected chi connectivity index (χ0v) is 8.56. The van der Waals surface area contributed by atoms with E-state index in [-0.39, 0.29) is 16.8 Å². The summed E-state index contributed by atoms with van der Waals surface area (Å²) in [6.45, 7) is 0. The van der Waals surface area contributed by atoms with Crippen LogP contribution in [0.4, 0.5) is 9.59 Å². The van der Waals surface area contributed by atoms with Gasteiger partial charge in [-0.25, -0.2) is 9.59 Å². The Balaban J connectivity index is 0.000000284. The molecule has 0 aliphatic rings. The van der Waals surface area contributed by atoms with E-state index in [4.69, 9.17) is 10.2 Å². The van der Waals surface area contributed by atoms with Gasteiger partial charge in [0.25, 0.3) is 0 Å². The van der Waals surface area contributed by atoms with Crippen LogP contribution in [-0.4, -0.2) is 73.7 Å². The minimum atomic E-state index is -1.30. The van der Waals surface area contributed by atoms with Gasteiger partial charge in [-0.2, -0.15) is 0 Å². The summed E-state index contributed by atoms with van der Waals surface area (Å²) in [6.07, 6.45) is -2.59. The average Bonchev–Trinajstić information content (AvgIpc) is 2.93. The minimum absolute atomic E-state index is 0. The first-order chi connectivity index (χ1) is 7.61. The fourth-order valence-corrected chi connectivity index (χ4v) is 0.412. The quantitative estimate of drug-likeness (QED) is 0.507. The van der Waals surface area contributed by atoms with Crippen LogP contribution in [0.1, 0.15) is 0 Å². The molecule has 0 saturated carbocycles. The summed E-state index contributed by atoms with van der Waals surface area (Å²) in [7, 11) is 0. The smallest absolute Gasteiger partial charge is 0.452 e. The zero-order valence-electron chi connectivity index (χ0n) is 7.52. The van der Waals surface area contributed by atoms with E-state index < -0.39 is 12.2 Å². The van der Waals surface area contributed by atoms with Crippen molar-refractivity contribution in [3.63, 3.8) is 0 Å². The Labute approximate surface area is 101 Å². The molecule has 2 heterocycles. The van der Waals surface area contributed by atoms with E-state index in [9.17, 15) is 9.59 Å². The van der Waals surface area contributed by atoms with Gasteiger partial charge in [0, 0.05) is 16.8 Å². The first-order valence-electron chi connectivity index (χ1n) is 3.30. The third-order valence-electron chi connectivity index (χ3n) is 0.921. The number of rotatable bonds is 0. The van der Waals surface area contributed by atoms with E-state index in [1.54, 1.807) is 0 Å². The Bertz CT molecular complexity index is 406. The van der Waals surface area contributed by atoms with Gasteiger partial charge in [-0.15, -0.1) is 0 Å². The van der Waals surface area contributed by atoms with Gasteiger partial charge in [0.05, 0.1) is 0 Å². The molecule has 0 aliphatic heterocycles. The first kappa shape index (κ1) is 14.4. The maximum atomic E-state index is 9.82. The molecular weight excluding hydrogens is 287 g/mol. The molecule has 0 saturated heterocycles. The largest absolute Gasteiger partial charge is 0.462 e. The van der Waals surface area contributed by atoms with Crippen molar-refractivity contribution < 1.29 is 36.6 Å². The van der Waals surface area contributed by atoms with Crippen LogP contribution in [0, 0.1) is 0 Å². The van der Waals surface area contributed by atoms with Gasteiger partial charge in [-0.05, 0) is 51.3 Å². The standard InChI is InChI=1S/2CHN5O2.Co/c2*7-1(8)6-4-2-3-5-6;/h2*(H,7,8);. The van der Waals surface area contributed by atoms with Crippen molar-refractivity contribution in [3.8, 4) is 0 Å². The van der Waals surface area contributed by atoms with E-state index in [1.165, 1.54) is 0 Å². The molecule has 17 heavy (non-hydrogen) atoms. The molecule has 0 bridgehead atoms. The van der Waals surface area contributed by atoms with E-state index >= 15 is 0 Å². The van der Waals surface area contributed by atoms with Gasteiger partial charge in [0.2, 0.25) is 0 Å². The number of hydrogen-bond donors (Lipinski definition) is 2. The Morgan fingerprint density at radius 2 is 0.941 bits per heavy atom. The second-order valence-corrected chi connectivity index (χ2v) is 1.86. The third-order valence-corrected chi connectivity index (χ3v) is 0.921. The van der Waals surface area contributed by atoms with Crippen LogP contribution in [0.25, 0.3) is 0 Å². The molecule has 93 valence electrons. The summed E-state index contributed by atoms with van der Waals surface area (Å²) in [6, 6.07) is 0. The number of carboxylic acid groups (broad SMARTS) is 2. The second-order valence-electron chi connectivity index (χ2n) is 1.86. The van der Waals surface area contributed by atoms with Crippen LogP contribution in [0.5, 0.6) is 0 Å². The van der Waals surface area contributed by atoms with Gasteiger partial charge in [0.15, 0.2) is 0 Å². The molecular formula is C2H2CoN10O4. The van der Waals surface area contributed by atoms with E-state index in [1.807, 2.05) is 0 Å². The molecule has 0 aromatic carbocycles. The van der Waals surface area contributed by atoms with Gasteiger partial charge in [-0.3, -0.25) is 0 Å². The summed E-state index contributed by atoms with van der Waals surface area (Å²) >= 11 is 0. The molecule has 2 N–H and O–H groups in total. The molecule has 2 aromatic heterocycles. The summed E-state index contributed by atoms with van der Waals surface area (Å²) in [5, 5.41) is 39.6. The molecule has 0 spiro atoms. The predicted molar refractivity (Wildman–Crippen MR) is 38.1 cm³/mol. The number of carbonyl (C=O) groups is 2. The molecule has 1 radical (unpaired) electrons. The van der Waals surface area contributed by atoms with Crippen LogP contribution < -0.4 is 0 Å². The Hall–Kier alpha value is -2.55. The molecule has 14 nitrogen and oxygen atoms in total. The molecule has 0 fully saturated rings. The Morgan fingerprint density at radius 1 is 0.706 bits per heavy atom. The maximum absolute atomic E-state index is 9.82. The van der Waals surface area contributed by atoms with Crippen molar-refractivity contribution in [2.24, 2.45) is 0 Å². The summed E-state index contributed by atoms with van der Waals surface area (Å²) < 4.78 is 0. The van der Waals surface area contributed by atoms with Crippen LogP contribution in [0.2, 0.25) is 0 Å². The van der Waals surface area contributed by atoms with Crippen LogP contribution in [0.3, 0.4) is 0 Å². The number of nitrogens with zero attached hydrogens (tertiary/aromatic N) is 10. The topological polar surface area (TPSA) is 188 Å². The van der Waals surface area contributed by atoms with Gasteiger partial charge in [-0.1, -0.05) is 0 Å². The fourth-order valence-electron chi connectivity index (χ4n) is 0.412. The molecule has 15 heteroatoms. The number of hydrogen-bond acceptors (Lipinski definition) is 10. The van der Waals surface area contributed by atoms with Gasteiger partial charge >= 0.3 is 12.2 Å². The van der Waals surface area contributed by atoms with E-state index in [2.05, 4.69) is 41.7 Å². The third kappa shape index (κ3) is 4.66. The van der Waals surface area contributed by atoms with Crippen molar-refractivity contribution >= 4 is 12.2 Å². The first-order valence-corrected chi connectivity index (χ1v) is 3.30. The van der Waals surface area contributed by atoms with Crippen LogP contribution >= 0.6 is 0 Å². The Kier molecular flexibility index (Phi) is 5.82. The van der Waals surface area contributed by atoms with Crippen molar-refractivity contribution in [1.82, 2.24) is 51.3 Å². The molecule has 0 aliphatic carbocycles. The van der Waals surface area contributed by atoms with E-state index in [0.29, 0.717) is 9.59 Å². The molecule has 0 unspecified atom stereocenters. The summed E-state index contributed by atoms with van der Waals surface area (Å²) in [4.78, 5) is 20.4. The van der Waals surface area contributed by atoms with Gasteiger partial charge in [0.1, 0.15) is 0 Å². The normalized spacial score (nSPS) is 8.47. The second kappa shape index (κ2) is 6.84. The SMILES string of the molecule is O=C(O)n1nnnn1.O=C(O)n1nnnn1.[Co]. The summed E-state index contributed by atoms with van der Waals surface area (Å²) in [5.41, 5.74) is 0. The predicted octanol–water partition coefficient (Wildman–Crippen LogP) is -2.81. The Morgan fingerprint density at radius 3 is 1.06 bits per heavy atom. The molecule has 0 atom stereocenters. The van der Waals surface area contributed by atoms with Crippen molar-refractivity contribution in [1.29, 1.82) is 0 Å². The fraction of sp³-hybridized carbons (Fsp3) is 0. The maximum Gasteiger partial charge on any atom is 0.452 e. The van der Waals surface area contributed by atoms with Crippen molar-refractivity contribution in [2.75, 3.05) is 0 Å². The zero-order chi connectivity index (χ0) is 12.0. The molecule has 0 amide bonds. The molecule has 2 aromatic rings. The summed E-state index contributed by atoms with van der Waals surface area (Å²) in [5.74, 6) is 0. The van der Waals surface area contributed by atoms with Crippen molar-refractivity contribution in [2.45, 2.75) is 0 Å². The minimum Gasteiger partial charge on any atom is -0.462 e. The van der Waals surface area contributed by atoms with Crippen molar-refractivity contribution in [3.05, 3.63) is 0 Å². The van der Waals surface area contributed by atoms with E-state index in [0.717, 1.165) is 0 Å². The molecule has 2 rings (SSSR count). The van der Waals surface area contributed by atoms with Gasteiger partial charge < -0.3 is 10.2 Å². The monoisotopic (exact) mass is 289 g/mol. The number of aromatic nitrogens is 10. The van der Waals surface area contributed by atoms with Crippen LogP contribution in [0.15, 0.2) is 0 Å². The average molecular weight is 289 g/mol.